The summed E-state index contributed by atoms with van der Waals surface area (Å²) in [5.41, 5.74) is 0.175. The molecule has 3 aromatic carbocycles. The molecule has 4 rings (SSSR count). The van der Waals surface area contributed by atoms with Gasteiger partial charge in [-0.05, 0) is 62.2 Å². The zero-order chi connectivity index (χ0) is 31.9. The maximum absolute atomic E-state index is 14.8. The van der Waals surface area contributed by atoms with Gasteiger partial charge in [-0.1, -0.05) is 37.5 Å². The number of benzene rings is 3. The summed E-state index contributed by atoms with van der Waals surface area (Å²) in [5, 5.41) is 3.00. The number of anilines is 1. The first-order valence-corrected chi connectivity index (χ1v) is 15.8. The molecule has 0 bridgehead atoms. The van der Waals surface area contributed by atoms with Crippen molar-refractivity contribution in [2.45, 2.75) is 62.6 Å². The van der Waals surface area contributed by atoms with Crippen molar-refractivity contribution in [2.24, 2.45) is 0 Å². The summed E-state index contributed by atoms with van der Waals surface area (Å²) >= 11 is 0. The Kier molecular flexibility index (Phi) is 10.8. The van der Waals surface area contributed by atoms with Crippen molar-refractivity contribution in [3.8, 4) is 11.5 Å². The molecule has 1 aliphatic carbocycles. The smallest absolute Gasteiger partial charge is 0.264 e. The molecule has 0 aliphatic heterocycles. The lowest BCUT2D eigenvalue weighted by Crippen LogP contribution is -2.53. The lowest BCUT2D eigenvalue weighted by atomic mass is 9.95. The normalized spacial score (nSPS) is 14.4. The predicted molar refractivity (Wildman–Crippen MR) is 162 cm³/mol. The van der Waals surface area contributed by atoms with Crippen molar-refractivity contribution in [1.29, 1.82) is 0 Å². The van der Waals surface area contributed by atoms with Crippen molar-refractivity contribution < 1.29 is 36.3 Å². The number of rotatable bonds is 12. The Hall–Kier alpha value is -4.19. The Balaban J connectivity index is 1.71. The Morgan fingerprint density at radius 1 is 0.932 bits per heavy atom. The van der Waals surface area contributed by atoms with E-state index in [9.17, 15) is 26.8 Å². The van der Waals surface area contributed by atoms with E-state index in [0.717, 1.165) is 53.4 Å². The number of sulfonamides is 1. The number of amides is 2. The Morgan fingerprint density at radius 3 is 2.23 bits per heavy atom. The van der Waals surface area contributed by atoms with Crippen LogP contribution in [0.4, 0.5) is 14.5 Å². The largest absolute Gasteiger partial charge is 0.493 e. The Morgan fingerprint density at radius 2 is 1.59 bits per heavy atom. The van der Waals surface area contributed by atoms with Gasteiger partial charge in [0.2, 0.25) is 11.8 Å². The molecule has 44 heavy (non-hydrogen) atoms. The standard InChI is InChI=1S/C32H37F2N3O6S/c1-22(32(39)35-25-10-5-4-6-11-25)36(20-23-9-7-8-12-28(23)34)31(38)21-37(26-15-13-24(33)14-16-26)44(40,41)27-17-18-29(42-2)30(19-27)43-3/h7-9,12-19,22,25H,4-6,10-11,20-21H2,1-3H3,(H,35,39). The highest BCUT2D eigenvalue weighted by atomic mass is 32.2. The van der Waals surface area contributed by atoms with Crippen LogP contribution < -0.4 is 19.1 Å². The lowest BCUT2D eigenvalue weighted by molar-refractivity contribution is -0.139. The fourth-order valence-electron chi connectivity index (χ4n) is 5.20. The summed E-state index contributed by atoms with van der Waals surface area (Å²) in [6.45, 7) is 0.498. The Bertz CT molecular complexity index is 1560. The molecule has 0 heterocycles. The van der Waals surface area contributed by atoms with Crippen molar-refractivity contribution in [1.82, 2.24) is 10.2 Å². The third-order valence-electron chi connectivity index (χ3n) is 7.75. The number of nitrogens with zero attached hydrogens (tertiary/aromatic N) is 2. The molecule has 2 amide bonds. The first-order chi connectivity index (χ1) is 21.0. The van der Waals surface area contributed by atoms with E-state index in [1.807, 2.05) is 0 Å². The minimum Gasteiger partial charge on any atom is -0.493 e. The van der Waals surface area contributed by atoms with Crippen LogP contribution in [0.1, 0.15) is 44.6 Å². The van der Waals surface area contributed by atoms with Gasteiger partial charge in [-0.2, -0.15) is 0 Å². The lowest BCUT2D eigenvalue weighted by Gasteiger charge is -2.33. The average Bonchev–Trinajstić information content (AvgIpc) is 3.03. The minimum absolute atomic E-state index is 0.0136. The third kappa shape index (κ3) is 7.65. The van der Waals surface area contributed by atoms with Crippen LogP contribution in [0.2, 0.25) is 0 Å². The van der Waals surface area contributed by atoms with Gasteiger partial charge in [0.25, 0.3) is 10.0 Å². The minimum atomic E-state index is -4.45. The van der Waals surface area contributed by atoms with Crippen molar-refractivity contribution >= 4 is 27.5 Å². The monoisotopic (exact) mass is 629 g/mol. The van der Waals surface area contributed by atoms with Crippen LogP contribution in [0, 0.1) is 11.6 Å². The maximum Gasteiger partial charge on any atom is 0.264 e. The van der Waals surface area contributed by atoms with Crippen LogP contribution in [0.5, 0.6) is 11.5 Å². The van der Waals surface area contributed by atoms with Crippen LogP contribution in [-0.4, -0.2) is 58.0 Å². The molecule has 9 nitrogen and oxygen atoms in total. The van der Waals surface area contributed by atoms with Crippen molar-refractivity contribution in [3.05, 3.63) is 83.9 Å². The molecular formula is C32H37F2N3O6S. The Labute approximate surface area is 256 Å². The highest BCUT2D eigenvalue weighted by molar-refractivity contribution is 7.92. The molecule has 0 saturated heterocycles. The van der Waals surface area contributed by atoms with Crippen LogP contribution in [-0.2, 0) is 26.2 Å². The van der Waals surface area contributed by atoms with Crippen LogP contribution in [0.3, 0.4) is 0 Å². The van der Waals surface area contributed by atoms with E-state index < -0.39 is 46.1 Å². The molecule has 1 saturated carbocycles. The molecular weight excluding hydrogens is 592 g/mol. The van der Waals surface area contributed by atoms with Crippen molar-refractivity contribution in [3.63, 3.8) is 0 Å². The van der Waals surface area contributed by atoms with E-state index >= 15 is 0 Å². The number of halogens is 2. The quantitative estimate of drug-likeness (QED) is 0.301. The van der Waals surface area contributed by atoms with E-state index in [-0.39, 0.29) is 34.5 Å². The second kappa shape index (κ2) is 14.5. The van der Waals surface area contributed by atoms with E-state index in [0.29, 0.717) is 5.75 Å². The molecule has 1 atom stereocenters. The number of hydrogen-bond acceptors (Lipinski definition) is 6. The molecule has 1 fully saturated rings. The molecule has 0 spiro atoms. The summed E-state index contributed by atoms with van der Waals surface area (Å²) in [6.07, 6.45) is 4.70. The summed E-state index contributed by atoms with van der Waals surface area (Å²) in [6, 6.07) is 13.4. The van der Waals surface area contributed by atoms with Crippen LogP contribution >= 0.6 is 0 Å². The number of carbonyl (C=O) groups excluding carboxylic acids is 2. The van der Waals surface area contributed by atoms with Gasteiger partial charge in [-0.25, -0.2) is 17.2 Å². The summed E-state index contributed by atoms with van der Waals surface area (Å²) in [4.78, 5) is 28.4. The van der Waals surface area contributed by atoms with Crippen molar-refractivity contribution in [2.75, 3.05) is 25.1 Å². The van der Waals surface area contributed by atoms with Gasteiger partial charge in [-0.15, -0.1) is 0 Å². The van der Waals surface area contributed by atoms with Crippen LogP contribution in [0.15, 0.2) is 71.6 Å². The molecule has 0 radical (unpaired) electrons. The van der Waals surface area contributed by atoms with E-state index in [4.69, 9.17) is 9.47 Å². The summed E-state index contributed by atoms with van der Waals surface area (Å²) in [7, 11) is -1.68. The highest BCUT2D eigenvalue weighted by Crippen LogP contribution is 2.32. The topological polar surface area (TPSA) is 105 Å². The zero-order valence-corrected chi connectivity index (χ0v) is 25.8. The van der Waals surface area contributed by atoms with Gasteiger partial charge < -0.3 is 19.7 Å². The van der Waals surface area contributed by atoms with Gasteiger partial charge in [-0.3, -0.25) is 13.9 Å². The third-order valence-corrected chi connectivity index (χ3v) is 9.52. The number of nitrogens with one attached hydrogen (secondary N) is 1. The summed E-state index contributed by atoms with van der Waals surface area (Å²) < 4.78 is 68.0. The second-order valence-electron chi connectivity index (χ2n) is 10.6. The van der Waals surface area contributed by atoms with Crippen LogP contribution in [0.25, 0.3) is 0 Å². The number of methoxy groups -OCH3 is 2. The number of ether oxygens (including phenoxy) is 2. The molecule has 1 unspecified atom stereocenters. The molecule has 236 valence electrons. The van der Waals surface area contributed by atoms with E-state index in [1.165, 1.54) is 69.7 Å². The van der Waals surface area contributed by atoms with E-state index in [1.54, 1.807) is 6.07 Å². The number of hydrogen-bond donors (Lipinski definition) is 1. The first-order valence-electron chi connectivity index (χ1n) is 14.4. The fourth-order valence-corrected chi connectivity index (χ4v) is 6.63. The van der Waals surface area contributed by atoms with E-state index in [2.05, 4.69) is 5.32 Å². The van der Waals surface area contributed by atoms with Gasteiger partial charge in [0.15, 0.2) is 11.5 Å². The van der Waals surface area contributed by atoms with Gasteiger partial charge in [0.05, 0.1) is 24.8 Å². The van der Waals surface area contributed by atoms with Gasteiger partial charge in [0, 0.05) is 24.2 Å². The van der Waals surface area contributed by atoms with Gasteiger partial charge >= 0.3 is 0 Å². The predicted octanol–water partition coefficient (Wildman–Crippen LogP) is 5.04. The molecule has 1 aliphatic rings. The fraction of sp³-hybridized carbons (Fsp3) is 0.375. The second-order valence-corrected chi connectivity index (χ2v) is 12.5. The highest BCUT2D eigenvalue weighted by Gasteiger charge is 2.34. The number of carbonyl (C=O) groups is 2. The molecule has 12 heteroatoms. The molecule has 3 aromatic rings. The first kappa shape index (κ1) is 32.7. The molecule has 1 N–H and O–H groups in total. The SMILES string of the molecule is COc1ccc(S(=O)(=O)N(CC(=O)N(Cc2ccccc2F)C(C)C(=O)NC2CCCCC2)c2ccc(F)cc2)cc1OC. The zero-order valence-electron chi connectivity index (χ0n) is 25.0. The average molecular weight is 630 g/mol. The summed E-state index contributed by atoms with van der Waals surface area (Å²) in [5.74, 6) is -1.90. The molecule has 0 aromatic heterocycles. The maximum atomic E-state index is 14.8. The van der Waals surface area contributed by atoms with Gasteiger partial charge in [0.1, 0.15) is 24.2 Å².